The highest BCUT2D eigenvalue weighted by molar-refractivity contribution is 6.17. The molecule has 3 heteroatoms. The molecule has 0 rings (SSSR count). The molecule has 0 aliphatic carbocycles. The predicted molar refractivity (Wildman–Crippen MR) is 59.4 cm³/mol. The SMILES string of the molecule is CCOC(=O)C(=CC(C)C)C(=O)C(C)C. The number of Topliss-reactive ketones (excluding diaryl/α,β-unsaturated/α-hetero) is 1. The lowest BCUT2D eigenvalue weighted by Gasteiger charge is -2.09. The normalized spacial score (nSPS) is 12.1. The van der Waals surface area contributed by atoms with Crippen molar-refractivity contribution in [3.63, 3.8) is 0 Å². The molecule has 0 amide bonds. The van der Waals surface area contributed by atoms with E-state index in [1.807, 2.05) is 13.8 Å². The summed E-state index contributed by atoms with van der Waals surface area (Å²) in [4.78, 5) is 23.2. The Balaban J connectivity index is 4.90. The van der Waals surface area contributed by atoms with Crippen molar-refractivity contribution in [1.29, 1.82) is 0 Å². The molecule has 0 heterocycles. The summed E-state index contributed by atoms with van der Waals surface area (Å²) in [6, 6.07) is 0. The number of allylic oxidation sites excluding steroid dienone is 1. The first-order valence-corrected chi connectivity index (χ1v) is 5.33. The molecule has 0 saturated carbocycles. The van der Waals surface area contributed by atoms with Gasteiger partial charge in [0.25, 0.3) is 0 Å². The zero-order valence-electron chi connectivity index (χ0n) is 10.2. The molecule has 0 atom stereocenters. The first kappa shape index (κ1) is 13.9. The molecule has 3 nitrogen and oxygen atoms in total. The zero-order valence-corrected chi connectivity index (χ0v) is 10.2. The van der Waals surface area contributed by atoms with Crippen LogP contribution in [0.3, 0.4) is 0 Å². The van der Waals surface area contributed by atoms with Crippen LogP contribution in [0.2, 0.25) is 0 Å². The molecule has 0 N–H and O–H groups in total. The van der Waals surface area contributed by atoms with Gasteiger partial charge in [0.05, 0.1) is 12.2 Å². The number of hydrogen-bond acceptors (Lipinski definition) is 3. The first-order chi connectivity index (χ1) is 6.90. The molecular formula is C12H20O3. The molecule has 0 aromatic rings. The molecule has 0 saturated heterocycles. The maximum absolute atomic E-state index is 11.7. The van der Waals surface area contributed by atoms with Gasteiger partial charge in [0, 0.05) is 5.92 Å². The van der Waals surface area contributed by atoms with E-state index in [9.17, 15) is 9.59 Å². The maximum atomic E-state index is 11.7. The van der Waals surface area contributed by atoms with Crippen molar-refractivity contribution in [2.45, 2.75) is 34.6 Å². The summed E-state index contributed by atoms with van der Waals surface area (Å²) in [6.07, 6.45) is 1.67. The Morgan fingerprint density at radius 3 is 2.07 bits per heavy atom. The third-order valence-corrected chi connectivity index (χ3v) is 1.79. The molecule has 0 aliphatic rings. The summed E-state index contributed by atoms with van der Waals surface area (Å²) < 4.78 is 4.85. The van der Waals surface area contributed by atoms with Crippen molar-refractivity contribution in [2.24, 2.45) is 11.8 Å². The van der Waals surface area contributed by atoms with E-state index in [1.165, 1.54) is 0 Å². The lowest BCUT2D eigenvalue weighted by molar-refractivity contribution is -0.140. The number of ketones is 1. The Morgan fingerprint density at radius 2 is 1.73 bits per heavy atom. The van der Waals surface area contributed by atoms with Crippen LogP contribution in [-0.2, 0) is 14.3 Å². The van der Waals surface area contributed by atoms with Crippen LogP contribution in [-0.4, -0.2) is 18.4 Å². The number of ether oxygens (including phenoxy) is 1. The Kier molecular flexibility index (Phi) is 5.90. The van der Waals surface area contributed by atoms with Gasteiger partial charge in [-0.1, -0.05) is 33.8 Å². The van der Waals surface area contributed by atoms with E-state index >= 15 is 0 Å². The van der Waals surface area contributed by atoms with Gasteiger partial charge >= 0.3 is 5.97 Å². The van der Waals surface area contributed by atoms with Crippen molar-refractivity contribution < 1.29 is 14.3 Å². The predicted octanol–water partition coefficient (Wildman–Crippen LogP) is 2.36. The fourth-order valence-corrected chi connectivity index (χ4v) is 1.10. The molecule has 0 aromatic carbocycles. The third kappa shape index (κ3) is 4.77. The van der Waals surface area contributed by atoms with Gasteiger partial charge in [-0.3, -0.25) is 4.79 Å². The Bertz CT molecular complexity index is 262. The van der Waals surface area contributed by atoms with Gasteiger partial charge in [0.2, 0.25) is 0 Å². The highest BCUT2D eigenvalue weighted by Gasteiger charge is 2.21. The molecule has 15 heavy (non-hydrogen) atoms. The Labute approximate surface area is 91.5 Å². The van der Waals surface area contributed by atoms with Crippen LogP contribution in [0.25, 0.3) is 0 Å². The first-order valence-electron chi connectivity index (χ1n) is 5.33. The lowest BCUT2D eigenvalue weighted by Crippen LogP contribution is -2.20. The number of rotatable bonds is 5. The maximum Gasteiger partial charge on any atom is 0.341 e. The highest BCUT2D eigenvalue weighted by Crippen LogP contribution is 2.11. The third-order valence-electron chi connectivity index (χ3n) is 1.79. The van der Waals surface area contributed by atoms with Crippen LogP contribution in [0.5, 0.6) is 0 Å². The summed E-state index contributed by atoms with van der Waals surface area (Å²) in [5.41, 5.74) is 0.182. The summed E-state index contributed by atoms with van der Waals surface area (Å²) in [6.45, 7) is 9.41. The zero-order chi connectivity index (χ0) is 12.0. The Hall–Kier alpha value is -1.12. The number of carbonyl (C=O) groups excluding carboxylic acids is 2. The molecule has 0 unspecified atom stereocenters. The summed E-state index contributed by atoms with van der Waals surface area (Å²) in [5, 5.41) is 0. The largest absolute Gasteiger partial charge is 0.462 e. The van der Waals surface area contributed by atoms with Gasteiger partial charge in [-0.15, -0.1) is 0 Å². The van der Waals surface area contributed by atoms with E-state index in [4.69, 9.17) is 4.74 Å². The van der Waals surface area contributed by atoms with Crippen LogP contribution in [0, 0.1) is 11.8 Å². The van der Waals surface area contributed by atoms with Crippen molar-refractivity contribution in [3.05, 3.63) is 11.6 Å². The molecule has 86 valence electrons. The Morgan fingerprint density at radius 1 is 1.20 bits per heavy atom. The monoisotopic (exact) mass is 212 g/mol. The van der Waals surface area contributed by atoms with E-state index in [1.54, 1.807) is 26.8 Å². The number of esters is 1. The van der Waals surface area contributed by atoms with Gasteiger partial charge in [0.15, 0.2) is 5.78 Å². The second kappa shape index (κ2) is 6.38. The molecule has 0 fully saturated rings. The van der Waals surface area contributed by atoms with Crippen molar-refractivity contribution >= 4 is 11.8 Å². The summed E-state index contributed by atoms with van der Waals surface area (Å²) >= 11 is 0. The highest BCUT2D eigenvalue weighted by atomic mass is 16.5. The smallest absolute Gasteiger partial charge is 0.341 e. The fourth-order valence-electron chi connectivity index (χ4n) is 1.10. The van der Waals surface area contributed by atoms with Crippen LogP contribution in [0.15, 0.2) is 11.6 Å². The van der Waals surface area contributed by atoms with E-state index < -0.39 is 5.97 Å². The van der Waals surface area contributed by atoms with Gasteiger partial charge in [-0.25, -0.2) is 4.79 Å². The summed E-state index contributed by atoms with van der Waals surface area (Å²) in [7, 11) is 0. The minimum absolute atomic E-state index is 0.151. The van der Waals surface area contributed by atoms with Gasteiger partial charge < -0.3 is 4.74 Å². The summed E-state index contributed by atoms with van der Waals surface area (Å²) in [5.74, 6) is -0.682. The average molecular weight is 212 g/mol. The van der Waals surface area contributed by atoms with E-state index in [-0.39, 0.29) is 23.2 Å². The standard InChI is InChI=1S/C12H20O3/c1-6-15-12(14)10(7-8(2)3)11(13)9(4)5/h7-9H,6H2,1-5H3. The molecule has 0 aromatic heterocycles. The van der Waals surface area contributed by atoms with Gasteiger partial charge in [0.1, 0.15) is 0 Å². The van der Waals surface area contributed by atoms with Gasteiger partial charge in [-0.05, 0) is 12.8 Å². The second-order valence-electron chi connectivity index (χ2n) is 4.06. The average Bonchev–Trinajstić information content (AvgIpc) is 2.13. The topological polar surface area (TPSA) is 43.4 Å². The molecular weight excluding hydrogens is 192 g/mol. The molecule has 0 bridgehead atoms. The quantitative estimate of drug-likeness (QED) is 0.304. The van der Waals surface area contributed by atoms with Crippen molar-refractivity contribution in [2.75, 3.05) is 6.61 Å². The van der Waals surface area contributed by atoms with E-state index in [0.29, 0.717) is 6.61 Å². The minimum atomic E-state index is -0.509. The fraction of sp³-hybridized carbons (Fsp3) is 0.667. The van der Waals surface area contributed by atoms with Gasteiger partial charge in [-0.2, -0.15) is 0 Å². The lowest BCUT2D eigenvalue weighted by atomic mass is 9.98. The second-order valence-corrected chi connectivity index (χ2v) is 4.06. The van der Waals surface area contributed by atoms with Crippen LogP contribution < -0.4 is 0 Å². The van der Waals surface area contributed by atoms with Crippen molar-refractivity contribution in [3.8, 4) is 0 Å². The molecule has 0 radical (unpaired) electrons. The number of carbonyl (C=O) groups is 2. The van der Waals surface area contributed by atoms with Crippen LogP contribution >= 0.6 is 0 Å². The van der Waals surface area contributed by atoms with E-state index in [2.05, 4.69) is 0 Å². The van der Waals surface area contributed by atoms with Crippen molar-refractivity contribution in [1.82, 2.24) is 0 Å². The minimum Gasteiger partial charge on any atom is -0.462 e. The molecule has 0 spiro atoms. The molecule has 0 aliphatic heterocycles. The number of hydrogen-bond donors (Lipinski definition) is 0. The van der Waals surface area contributed by atoms with E-state index in [0.717, 1.165) is 0 Å². The van der Waals surface area contributed by atoms with Crippen LogP contribution in [0.1, 0.15) is 34.6 Å². The van der Waals surface area contributed by atoms with Crippen LogP contribution in [0.4, 0.5) is 0 Å².